The number of sulfone groups is 1. The zero-order valence-electron chi connectivity index (χ0n) is 19.9. The zero-order chi connectivity index (χ0) is 27.4. The molecule has 0 bridgehead atoms. The number of nitrogens with two attached hydrogens (primary N) is 1. The molecule has 1 unspecified atom stereocenters. The molecule has 37 heavy (non-hydrogen) atoms. The van der Waals surface area contributed by atoms with Gasteiger partial charge in [-0.2, -0.15) is 0 Å². The molecule has 1 aromatic heterocycles. The molecule has 0 fully saturated rings. The van der Waals surface area contributed by atoms with E-state index in [4.69, 9.17) is 9.88 Å². The van der Waals surface area contributed by atoms with Gasteiger partial charge in [-0.25, -0.2) is 31.8 Å². The standard InChI is InChI=1S/C22H26N4O8S3/c1-34-11-10-26(22(28)29)16-6-3-14(4-7-16)15-5-8-17-18(13-15)35-21(25-17)19(36(2,30)31)20(27)24-9-12-37(23,32)33/h3-8,13,19H,9-12H2,1-2H3,(H,24,27)(H,28,29)(H2,23,32,33). The molecule has 12 nitrogen and oxygen atoms in total. The quantitative estimate of drug-likeness (QED) is 0.308. The molecule has 0 saturated heterocycles. The summed E-state index contributed by atoms with van der Waals surface area (Å²) in [4.78, 5) is 29.7. The average molecular weight is 571 g/mol. The van der Waals surface area contributed by atoms with Crippen LogP contribution in [0.2, 0.25) is 0 Å². The number of carbonyl (C=O) groups excluding carboxylic acids is 1. The van der Waals surface area contributed by atoms with Crippen molar-refractivity contribution in [1.82, 2.24) is 10.3 Å². The molecule has 2 amide bonds. The number of benzene rings is 2. The van der Waals surface area contributed by atoms with Crippen molar-refractivity contribution < 1.29 is 36.3 Å². The predicted molar refractivity (Wildman–Crippen MR) is 141 cm³/mol. The number of hydrogen-bond acceptors (Lipinski definition) is 9. The number of amides is 2. The lowest BCUT2D eigenvalue weighted by Crippen LogP contribution is -2.37. The fourth-order valence-corrected chi connectivity index (χ4v) is 6.42. The zero-order valence-corrected chi connectivity index (χ0v) is 22.4. The first kappa shape index (κ1) is 28.5. The van der Waals surface area contributed by atoms with Crippen LogP contribution in [0.4, 0.5) is 10.5 Å². The third kappa shape index (κ3) is 7.45. The highest BCUT2D eigenvalue weighted by atomic mass is 32.2. The number of hydrogen-bond donors (Lipinski definition) is 3. The Balaban J connectivity index is 1.88. The van der Waals surface area contributed by atoms with Gasteiger partial charge < -0.3 is 15.2 Å². The van der Waals surface area contributed by atoms with Crippen LogP contribution in [0.3, 0.4) is 0 Å². The van der Waals surface area contributed by atoms with Crippen molar-refractivity contribution in [2.45, 2.75) is 5.25 Å². The number of anilines is 1. The maximum Gasteiger partial charge on any atom is 0.411 e. The summed E-state index contributed by atoms with van der Waals surface area (Å²) in [7, 11) is -6.26. The molecule has 0 aliphatic rings. The van der Waals surface area contributed by atoms with Crippen molar-refractivity contribution in [2.24, 2.45) is 5.14 Å². The van der Waals surface area contributed by atoms with Gasteiger partial charge in [0.25, 0.3) is 0 Å². The van der Waals surface area contributed by atoms with Crippen molar-refractivity contribution in [3.8, 4) is 11.1 Å². The topological polar surface area (TPSA) is 186 Å². The third-order valence-electron chi connectivity index (χ3n) is 5.24. The van der Waals surface area contributed by atoms with E-state index < -0.39 is 42.9 Å². The van der Waals surface area contributed by atoms with Gasteiger partial charge in [0.15, 0.2) is 15.1 Å². The molecular weight excluding hydrogens is 544 g/mol. The number of carbonyl (C=O) groups is 2. The summed E-state index contributed by atoms with van der Waals surface area (Å²) in [6.07, 6.45) is -0.194. The molecule has 0 radical (unpaired) electrons. The van der Waals surface area contributed by atoms with Crippen LogP contribution in [0.1, 0.15) is 10.3 Å². The minimum Gasteiger partial charge on any atom is -0.465 e. The van der Waals surface area contributed by atoms with Crippen LogP contribution in [-0.2, 0) is 29.4 Å². The van der Waals surface area contributed by atoms with E-state index in [0.717, 1.165) is 28.7 Å². The fraction of sp³-hybridized carbons (Fsp3) is 0.318. The van der Waals surface area contributed by atoms with Gasteiger partial charge in [0.1, 0.15) is 5.01 Å². The van der Waals surface area contributed by atoms with Gasteiger partial charge in [-0.05, 0) is 35.4 Å². The van der Waals surface area contributed by atoms with Crippen molar-refractivity contribution in [2.75, 3.05) is 43.7 Å². The van der Waals surface area contributed by atoms with Crippen molar-refractivity contribution in [3.05, 3.63) is 47.5 Å². The van der Waals surface area contributed by atoms with Gasteiger partial charge >= 0.3 is 6.09 Å². The number of methoxy groups -OCH3 is 1. The van der Waals surface area contributed by atoms with Crippen molar-refractivity contribution in [1.29, 1.82) is 0 Å². The minimum absolute atomic E-state index is 0.0494. The Morgan fingerprint density at radius 1 is 1.14 bits per heavy atom. The second kappa shape index (κ2) is 11.5. The number of nitrogens with zero attached hydrogens (tertiary/aromatic N) is 2. The summed E-state index contributed by atoms with van der Waals surface area (Å²) in [5, 5.41) is 15.1. The molecule has 0 aliphatic carbocycles. The number of rotatable bonds is 11. The summed E-state index contributed by atoms with van der Waals surface area (Å²) < 4.78 is 52.6. The van der Waals surface area contributed by atoms with E-state index in [-0.39, 0.29) is 24.7 Å². The lowest BCUT2D eigenvalue weighted by molar-refractivity contribution is -0.120. The highest BCUT2D eigenvalue weighted by Gasteiger charge is 2.34. The van der Waals surface area contributed by atoms with E-state index in [1.54, 1.807) is 42.5 Å². The Hall–Kier alpha value is -3.11. The largest absolute Gasteiger partial charge is 0.465 e. The van der Waals surface area contributed by atoms with Gasteiger partial charge in [0.05, 0.1) is 29.1 Å². The maximum atomic E-state index is 12.6. The third-order valence-corrected chi connectivity index (χ3v) is 8.54. The average Bonchev–Trinajstić information content (AvgIpc) is 3.20. The molecule has 1 heterocycles. The molecule has 15 heteroatoms. The number of thiazole rings is 1. The lowest BCUT2D eigenvalue weighted by Gasteiger charge is -2.19. The second-order valence-corrected chi connectivity index (χ2v) is 13.0. The second-order valence-electron chi connectivity index (χ2n) is 8.08. The Morgan fingerprint density at radius 2 is 1.78 bits per heavy atom. The van der Waals surface area contributed by atoms with E-state index in [1.807, 2.05) is 0 Å². The predicted octanol–water partition coefficient (Wildman–Crippen LogP) is 1.58. The number of primary sulfonamides is 1. The highest BCUT2D eigenvalue weighted by molar-refractivity contribution is 7.91. The van der Waals surface area contributed by atoms with Crippen LogP contribution >= 0.6 is 11.3 Å². The molecule has 0 aliphatic heterocycles. The maximum absolute atomic E-state index is 12.6. The van der Waals surface area contributed by atoms with Crippen LogP contribution in [-0.4, -0.2) is 77.7 Å². The molecule has 0 spiro atoms. The van der Waals surface area contributed by atoms with Crippen molar-refractivity contribution >= 4 is 59.1 Å². The SMILES string of the molecule is COCCN(C(=O)O)c1ccc(-c2ccc3nc(C(C(=O)NCCS(N)(=O)=O)S(C)(=O)=O)sc3c2)cc1. The van der Waals surface area contributed by atoms with Gasteiger partial charge in [0, 0.05) is 25.6 Å². The number of aromatic nitrogens is 1. The van der Waals surface area contributed by atoms with Gasteiger partial charge in [-0.1, -0.05) is 18.2 Å². The number of carboxylic acid groups (broad SMARTS) is 1. The van der Waals surface area contributed by atoms with Crippen LogP contribution in [0.25, 0.3) is 21.3 Å². The summed E-state index contributed by atoms with van der Waals surface area (Å²) >= 11 is 1.04. The normalized spacial score (nSPS) is 12.8. The first-order valence-electron chi connectivity index (χ1n) is 10.8. The monoisotopic (exact) mass is 570 g/mol. The molecule has 1 atom stereocenters. The lowest BCUT2D eigenvalue weighted by atomic mass is 10.1. The van der Waals surface area contributed by atoms with Crippen LogP contribution in [0, 0.1) is 0 Å². The molecular formula is C22H26N4O8S3. The van der Waals surface area contributed by atoms with E-state index in [2.05, 4.69) is 10.3 Å². The molecule has 3 rings (SSSR count). The summed E-state index contributed by atoms with van der Waals surface area (Å²) in [6.45, 7) is 0.0917. The highest BCUT2D eigenvalue weighted by Crippen LogP contribution is 2.34. The number of ether oxygens (including phenoxy) is 1. The molecule has 3 aromatic rings. The van der Waals surface area contributed by atoms with Gasteiger partial charge in [0.2, 0.25) is 15.9 Å². The van der Waals surface area contributed by atoms with Gasteiger partial charge in [-0.3, -0.25) is 9.69 Å². The Kier molecular flexibility index (Phi) is 8.86. The molecule has 200 valence electrons. The van der Waals surface area contributed by atoms with E-state index in [1.165, 1.54) is 12.0 Å². The first-order valence-corrected chi connectivity index (χ1v) is 15.3. The Bertz CT molecular complexity index is 1500. The van der Waals surface area contributed by atoms with E-state index in [0.29, 0.717) is 15.9 Å². The van der Waals surface area contributed by atoms with E-state index in [9.17, 15) is 31.5 Å². The van der Waals surface area contributed by atoms with Crippen LogP contribution < -0.4 is 15.4 Å². The smallest absolute Gasteiger partial charge is 0.411 e. The van der Waals surface area contributed by atoms with Crippen molar-refractivity contribution in [3.63, 3.8) is 0 Å². The minimum atomic E-state index is -3.93. The summed E-state index contributed by atoms with van der Waals surface area (Å²) in [5.41, 5.74) is 2.54. The molecule has 2 aromatic carbocycles. The first-order chi connectivity index (χ1) is 17.3. The van der Waals surface area contributed by atoms with Crippen LogP contribution in [0.15, 0.2) is 42.5 Å². The Morgan fingerprint density at radius 3 is 2.35 bits per heavy atom. The van der Waals surface area contributed by atoms with E-state index >= 15 is 0 Å². The number of nitrogens with one attached hydrogen (secondary N) is 1. The summed E-state index contributed by atoms with van der Waals surface area (Å²) in [6, 6.07) is 12.1. The number of sulfonamides is 1. The Labute approximate surface area is 218 Å². The fourth-order valence-electron chi connectivity index (χ4n) is 3.48. The molecule has 4 N–H and O–H groups in total. The molecule has 0 saturated carbocycles. The summed E-state index contributed by atoms with van der Waals surface area (Å²) in [5.74, 6) is -1.43. The van der Waals surface area contributed by atoms with Gasteiger partial charge in [-0.15, -0.1) is 11.3 Å². The van der Waals surface area contributed by atoms with Crippen LogP contribution in [0.5, 0.6) is 0 Å². The number of fused-ring (bicyclic) bond motifs is 1.